The van der Waals surface area contributed by atoms with Crippen molar-refractivity contribution in [3.05, 3.63) is 40.9 Å². The molecule has 2 fully saturated rings. The van der Waals surface area contributed by atoms with Crippen LogP contribution in [0.3, 0.4) is 0 Å². The summed E-state index contributed by atoms with van der Waals surface area (Å²) in [5.74, 6) is -2.64. The van der Waals surface area contributed by atoms with Crippen molar-refractivity contribution in [3.63, 3.8) is 0 Å². The Morgan fingerprint density at radius 3 is 2.95 bits per heavy atom. The van der Waals surface area contributed by atoms with E-state index < -0.39 is 29.5 Å². The molecule has 0 aliphatic carbocycles. The second-order valence-corrected chi connectivity index (χ2v) is 6.50. The summed E-state index contributed by atoms with van der Waals surface area (Å²) in [7, 11) is 0. The Hall–Kier alpha value is -1.85. The Labute approximate surface area is 132 Å². The zero-order valence-electron chi connectivity index (χ0n) is 11.8. The first kappa shape index (κ1) is 13.8. The number of hydrogen-bond acceptors (Lipinski definition) is 3. The molecule has 2 bridgehead atoms. The normalized spacial score (nSPS) is 35.3. The van der Waals surface area contributed by atoms with Gasteiger partial charge in [-0.1, -0.05) is 23.8 Å². The van der Waals surface area contributed by atoms with Crippen molar-refractivity contribution in [2.45, 2.75) is 18.6 Å². The van der Waals surface area contributed by atoms with Gasteiger partial charge in [-0.2, -0.15) is 0 Å². The Morgan fingerprint density at radius 1 is 1.50 bits per heavy atom. The molecule has 3 heterocycles. The van der Waals surface area contributed by atoms with Crippen LogP contribution >= 0.6 is 11.6 Å². The second kappa shape index (κ2) is 4.33. The number of carbonyl (C=O) groups excluding carboxylic acids is 1. The number of nitrogens with zero attached hydrogens (tertiary/aromatic N) is 1. The van der Waals surface area contributed by atoms with Crippen LogP contribution in [0.2, 0.25) is 5.02 Å². The minimum absolute atomic E-state index is 0.194. The molecule has 0 aromatic heterocycles. The summed E-state index contributed by atoms with van der Waals surface area (Å²) in [6, 6.07) is 5.36. The number of fused-ring (bicyclic) bond motifs is 1. The highest BCUT2D eigenvalue weighted by Crippen LogP contribution is 2.52. The van der Waals surface area contributed by atoms with Crippen LogP contribution in [0.25, 0.3) is 0 Å². The fraction of sp³-hybridized carbons (Fsp3) is 0.375. The molecule has 1 aromatic rings. The standard InChI is InChI=1S/C16H14ClNO4/c1-8-6-9(2-3-10(8)17)18-7-16-5-4-11(22-16)12(15(20)21)13(16)14(18)19/h2-6,11-13H,7H2,1H3,(H,20,21)/t11-,12-,13+,16+/m0/s1. The van der Waals surface area contributed by atoms with Gasteiger partial charge in [0.05, 0.1) is 18.6 Å². The number of amides is 1. The summed E-state index contributed by atoms with van der Waals surface area (Å²) >= 11 is 6.03. The van der Waals surface area contributed by atoms with Crippen LogP contribution in [0, 0.1) is 18.8 Å². The molecule has 4 atom stereocenters. The van der Waals surface area contributed by atoms with Crippen molar-refractivity contribution < 1.29 is 19.4 Å². The van der Waals surface area contributed by atoms with Gasteiger partial charge in [0.2, 0.25) is 5.91 Å². The van der Waals surface area contributed by atoms with Crippen molar-refractivity contribution in [1.29, 1.82) is 0 Å². The van der Waals surface area contributed by atoms with Gasteiger partial charge in [-0.25, -0.2) is 0 Å². The minimum Gasteiger partial charge on any atom is -0.481 e. The number of anilines is 1. The number of aryl methyl sites for hydroxylation is 1. The Balaban J connectivity index is 1.74. The van der Waals surface area contributed by atoms with Crippen molar-refractivity contribution in [1.82, 2.24) is 0 Å². The third kappa shape index (κ3) is 1.63. The van der Waals surface area contributed by atoms with Crippen molar-refractivity contribution >= 4 is 29.2 Å². The molecule has 114 valence electrons. The highest BCUT2D eigenvalue weighted by molar-refractivity contribution is 6.31. The third-order valence-electron chi connectivity index (χ3n) is 4.84. The van der Waals surface area contributed by atoms with E-state index in [1.807, 2.05) is 19.1 Å². The van der Waals surface area contributed by atoms with Gasteiger partial charge in [0.15, 0.2) is 0 Å². The maximum Gasteiger partial charge on any atom is 0.310 e. The average Bonchev–Trinajstić information content (AvgIpc) is 3.10. The summed E-state index contributed by atoms with van der Waals surface area (Å²) in [4.78, 5) is 25.9. The van der Waals surface area contributed by atoms with Gasteiger partial charge in [0.1, 0.15) is 11.5 Å². The van der Waals surface area contributed by atoms with Gasteiger partial charge in [-0.05, 0) is 30.7 Å². The molecule has 1 aromatic carbocycles. The molecule has 2 saturated heterocycles. The molecule has 0 radical (unpaired) electrons. The van der Waals surface area contributed by atoms with Crippen molar-refractivity contribution in [2.75, 3.05) is 11.4 Å². The van der Waals surface area contributed by atoms with E-state index in [-0.39, 0.29) is 5.91 Å². The summed E-state index contributed by atoms with van der Waals surface area (Å²) in [6.45, 7) is 2.21. The molecular weight excluding hydrogens is 306 g/mol. The molecular formula is C16H14ClNO4. The van der Waals surface area contributed by atoms with Gasteiger partial charge < -0.3 is 14.7 Å². The Morgan fingerprint density at radius 2 is 2.27 bits per heavy atom. The molecule has 5 nitrogen and oxygen atoms in total. The molecule has 3 aliphatic heterocycles. The van der Waals surface area contributed by atoms with E-state index >= 15 is 0 Å². The highest BCUT2D eigenvalue weighted by atomic mass is 35.5. The molecule has 1 N–H and O–H groups in total. The maximum atomic E-state index is 12.8. The number of benzene rings is 1. The van der Waals surface area contributed by atoms with Gasteiger partial charge in [0, 0.05) is 10.7 Å². The molecule has 22 heavy (non-hydrogen) atoms. The summed E-state index contributed by atoms with van der Waals surface area (Å²) in [5.41, 5.74) is 0.788. The van der Waals surface area contributed by atoms with Crippen LogP contribution in [0.1, 0.15) is 5.56 Å². The lowest BCUT2D eigenvalue weighted by Crippen LogP contribution is -2.39. The quantitative estimate of drug-likeness (QED) is 0.847. The molecule has 1 spiro atoms. The van der Waals surface area contributed by atoms with Crippen LogP contribution in [0.15, 0.2) is 30.4 Å². The third-order valence-corrected chi connectivity index (χ3v) is 5.26. The molecule has 3 aliphatic rings. The molecule has 4 rings (SSSR count). The number of ether oxygens (including phenoxy) is 1. The van der Waals surface area contributed by atoms with Crippen LogP contribution in [0.4, 0.5) is 5.69 Å². The first-order chi connectivity index (χ1) is 10.4. The SMILES string of the molecule is Cc1cc(N2C[C@@]34C=C[C@H](O3)[C@H](C(=O)O)[C@@H]4C2=O)ccc1Cl. The van der Waals surface area contributed by atoms with Gasteiger partial charge in [0.25, 0.3) is 0 Å². The fourth-order valence-corrected chi connectivity index (χ4v) is 3.91. The lowest BCUT2D eigenvalue weighted by atomic mass is 9.77. The first-order valence-electron chi connectivity index (χ1n) is 7.10. The number of aliphatic carboxylic acids is 1. The van der Waals surface area contributed by atoms with E-state index in [1.165, 1.54) is 0 Å². The predicted octanol–water partition coefficient (Wildman–Crippen LogP) is 2.02. The van der Waals surface area contributed by atoms with E-state index in [1.54, 1.807) is 23.1 Å². The van der Waals surface area contributed by atoms with Crippen LogP contribution in [0.5, 0.6) is 0 Å². The summed E-state index contributed by atoms with van der Waals surface area (Å²) in [6.07, 6.45) is 3.11. The second-order valence-electron chi connectivity index (χ2n) is 6.10. The maximum absolute atomic E-state index is 12.8. The summed E-state index contributed by atoms with van der Waals surface area (Å²) in [5, 5.41) is 10.1. The van der Waals surface area contributed by atoms with Crippen molar-refractivity contribution in [2.24, 2.45) is 11.8 Å². The van der Waals surface area contributed by atoms with E-state index in [9.17, 15) is 14.7 Å². The van der Waals surface area contributed by atoms with Gasteiger partial charge >= 0.3 is 5.97 Å². The van der Waals surface area contributed by atoms with E-state index in [2.05, 4.69) is 0 Å². The number of hydrogen-bond donors (Lipinski definition) is 1. The minimum atomic E-state index is -0.983. The van der Waals surface area contributed by atoms with Gasteiger partial charge in [-0.3, -0.25) is 9.59 Å². The van der Waals surface area contributed by atoms with E-state index in [0.717, 1.165) is 11.3 Å². The number of carboxylic acids is 1. The Bertz CT molecular complexity index is 731. The molecule has 6 heteroatoms. The molecule has 1 amide bonds. The van der Waals surface area contributed by atoms with E-state index in [0.29, 0.717) is 11.6 Å². The average molecular weight is 320 g/mol. The smallest absolute Gasteiger partial charge is 0.310 e. The van der Waals surface area contributed by atoms with Crippen molar-refractivity contribution in [3.8, 4) is 0 Å². The first-order valence-corrected chi connectivity index (χ1v) is 7.48. The predicted molar refractivity (Wildman–Crippen MR) is 79.9 cm³/mol. The monoisotopic (exact) mass is 319 g/mol. The molecule has 0 saturated carbocycles. The topological polar surface area (TPSA) is 66.8 Å². The summed E-state index contributed by atoms with van der Waals surface area (Å²) < 4.78 is 5.85. The number of carboxylic acid groups (broad SMARTS) is 1. The lowest BCUT2D eigenvalue weighted by molar-refractivity contribution is -0.146. The van der Waals surface area contributed by atoms with E-state index in [4.69, 9.17) is 16.3 Å². The van der Waals surface area contributed by atoms with Crippen LogP contribution in [-0.4, -0.2) is 35.2 Å². The zero-order valence-corrected chi connectivity index (χ0v) is 12.6. The zero-order chi connectivity index (χ0) is 15.6. The largest absolute Gasteiger partial charge is 0.481 e. The van der Waals surface area contributed by atoms with Crippen LogP contribution < -0.4 is 4.90 Å². The van der Waals surface area contributed by atoms with Crippen LogP contribution in [-0.2, 0) is 14.3 Å². The Kier molecular flexibility index (Phi) is 2.72. The number of carbonyl (C=O) groups is 2. The number of rotatable bonds is 2. The molecule has 0 unspecified atom stereocenters. The van der Waals surface area contributed by atoms with Gasteiger partial charge in [-0.15, -0.1) is 0 Å². The lowest BCUT2D eigenvalue weighted by Gasteiger charge is -2.21. The number of halogens is 1. The fourth-order valence-electron chi connectivity index (χ4n) is 3.80. The highest BCUT2D eigenvalue weighted by Gasteiger charge is 2.67.